The standard InChI is InChI=1S/C19H18ClN3O/c1-12-3-8-16(17(20)11-12)13(2)24-19-18(22-9-10-23-19)14-4-6-15(21)7-5-14/h3-11,13H,21H2,1-2H3. The van der Waals surface area contributed by atoms with Gasteiger partial charge in [0, 0.05) is 34.2 Å². The molecule has 0 aliphatic carbocycles. The first kappa shape index (κ1) is 16.3. The van der Waals surface area contributed by atoms with Crippen molar-refractivity contribution < 1.29 is 4.74 Å². The third-order valence-electron chi connectivity index (χ3n) is 3.73. The molecule has 1 heterocycles. The minimum absolute atomic E-state index is 0.248. The molecule has 24 heavy (non-hydrogen) atoms. The Morgan fingerprint density at radius 3 is 2.46 bits per heavy atom. The monoisotopic (exact) mass is 339 g/mol. The molecular weight excluding hydrogens is 322 g/mol. The molecule has 0 fully saturated rings. The second-order valence-corrected chi connectivity index (χ2v) is 6.02. The van der Waals surface area contributed by atoms with E-state index in [1.807, 2.05) is 56.3 Å². The lowest BCUT2D eigenvalue weighted by molar-refractivity contribution is 0.218. The van der Waals surface area contributed by atoms with Crippen molar-refractivity contribution in [3.63, 3.8) is 0 Å². The van der Waals surface area contributed by atoms with Crippen LogP contribution in [-0.4, -0.2) is 9.97 Å². The number of benzene rings is 2. The van der Waals surface area contributed by atoms with Gasteiger partial charge >= 0.3 is 0 Å². The number of anilines is 1. The lowest BCUT2D eigenvalue weighted by Gasteiger charge is -2.17. The van der Waals surface area contributed by atoms with E-state index in [-0.39, 0.29) is 6.10 Å². The molecule has 0 radical (unpaired) electrons. The van der Waals surface area contributed by atoms with E-state index < -0.39 is 0 Å². The summed E-state index contributed by atoms with van der Waals surface area (Å²) in [6.45, 7) is 3.95. The molecule has 2 aromatic carbocycles. The second kappa shape index (κ2) is 6.89. The van der Waals surface area contributed by atoms with Crippen LogP contribution in [0.25, 0.3) is 11.3 Å². The highest BCUT2D eigenvalue weighted by atomic mass is 35.5. The maximum atomic E-state index is 6.33. The fourth-order valence-electron chi connectivity index (χ4n) is 2.44. The van der Waals surface area contributed by atoms with Gasteiger partial charge in [-0.2, -0.15) is 0 Å². The summed E-state index contributed by atoms with van der Waals surface area (Å²) in [5.41, 5.74) is 10.0. The average Bonchev–Trinajstić information content (AvgIpc) is 2.56. The van der Waals surface area contributed by atoms with E-state index in [0.29, 0.717) is 22.3 Å². The SMILES string of the molecule is Cc1ccc(C(C)Oc2nccnc2-c2ccc(N)cc2)c(Cl)c1. The van der Waals surface area contributed by atoms with Gasteiger partial charge in [0.1, 0.15) is 11.8 Å². The van der Waals surface area contributed by atoms with Crippen LogP contribution < -0.4 is 10.5 Å². The number of nitrogen functional groups attached to an aromatic ring is 1. The normalized spacial score (nSPS) is 12.0. The van der Waals surface area contributed by atoms with Crippen molar-refractivity contribution in [1.29, 1.82) is 0 Å². The van der Waals surface area contributed by atoms with Gasteiger partial charge in [0.05, 0.1) is 0 Å². The summed E-state index contributed by atoms with van der Waals surface area (Å²) in [5.74, 6) is 0.464. The Hall–Kier alpha value is -2.59. The van der Waals surface area contributed by atoms with E-state index in [4.69, 9.17) is 22.1 Å². The summed E-state index contributed by atoms with van der Waals surface area (Å²) in [7, 11) is 0. The molecule has 0 saturated carbocycles. The molecule has 3 rings (SSSR count). The fourth-order valence-corrected chi connectivity index (χ4v) is 2.83. The first-order valence-electron chi connectivity index (χ1n) is 7.64. The molecule has 0 saturated heterocycles. The molecule has 0 bridgehead atoms. The van der Waals surface area contributed by atoms with Crippen LogP contribution in [0.1, 0.15) is 24.2 Å². The van der Waals surface area contributed by atoms with Gasteiger partial charge in [-0.15, -0.1) is 0 Å². The van der Waals surface area contributed by atoms with Crippen molar-refractivity contribution in [2.45, 2.75) is 20.0 Å². The zero-order valence-electron chi connectivity index (χ0n) is 13.5. The van der Waals surface area contributed by atoms with E-state index in [1.54, 1.807) is 12.4 Å². The molecule has 0 aliphatic rings. The van der Waals surface area contributed by atoms with Gasteiger partial charge in [-0.3, -0.25) is 0 Å². The van der Waals surface area contributed by atoms with Gasteiger partial charge in [0.2, 0.25) is 5.88 Å². The van der Waals surface area contributed by atoms with E-state index >= 15 is 0 Å². The highest BCUT2D eigenvalue weighted by Gasteiger charge is 2.16. The van der Waals surface area contributed by atoms with Crippen LogP contribution in [0.15, 0.2) is 54.9 Å². The highest BCUT2D eigenvalue weighted by Crippen LogP contribution is 2.32. The number of hydrogen-bond donors (Lipinski definition) is 1. The average molecular weight is 340 g/mol. The van der Waals surface area contributed by atoms with Crippen LogP contribution in [0, 0.1) is 6.92 Å². The van der Waals surface area contributed by atoms with Gasteiger partial charge in [-0.1, -0.05) is 35.9 Å². The molecule has 4 nitrogen and oxygen atoms in total. The number of halogens is 1. The zero-order valence-corrected chi connectivity index (χ0v) is 14.3. The Labute approximate surface area is 146 Å². The Bertz CT molecular complexity index is 849. The van der Waals surface area contributed by atoms with Gasteiger partial charge in [-0.25, -0.2) is 9.97 Å². The number of rotatable bonds is 4. The predicted molar refractivity (Wildman–Crippen MR) is 97.1 cm³/mol. The molecule has 0 spiro atoms. The molecule has 0 amide bonds. The lowest BCUT2D eigenvalue weighted by atomic mass is 10.1. The van der Waals surface area contributed by atoms with E-state index in [0.717, 1.165) is 16.7 Å². The minimum atomic E-state index is -0.248. The summed E-state index contributed by atoms with van der Waals surface area (Å²) in [6, 6.07) is 13.4. The second-order valence-electron chi connectivity index (χ2n) is 5.62. The molecule has 1 aromatic heterocycles. The Morgan fingerprint density at radius 2 is 1.75 bits per heavy atom. The van der Waals surface area contributed by atoms with Crippen molar-refractivity contribution in [2.75, 3.05) is 5.73 Å². The number of nitrogens with two attached hydrogens (primary N) is 1. The van der Waals surface area contributed by atoms with Crippen molar-refractivity contribution in [3.05, 3.63) is 71.0 Å². The van der Waals surface area contributed by atoms with Gasteiger partial charge in [-0.05, 0) is 37.6 Å². The third kappa shape index (κ3) is 3.49. The summed E-state index contributed by atoms with van der Waals surface area (Å²) in [6.07, 6.45) is 3.00. The number of aromatic nitrogens is 2. The zero-order chi connectivity index (χ0) is 17.1. The quantitative estimate of drug-likeness (QED) is 0.692. The van der Waals surface area contributed by atoms with E-state index in [2.05, 4.69) is 9.97 Å². The van der Waals surface area contributed by atoms with Crippen LogP contribution in [0.2, 0.25) is 5.02 Å². The number of hydrogen-bond acceptors (Lipinski definition) is 4. The largest absolute Gasteiger partial charge is 0.468 e. The van der Waals surface area contributed by atoms with Crippen molar-refractivity contribution in [1.82, 2.24) is 9.97 Å². The smallest absolute Gasteiger partial charge is 0.241 e. The van der Waals surface area contributed by atoms with Gasteiger partial charge < -0.3 is 10.5 Å². The van der Waals surface area contributed by atoms with Gasteiger partial charge in [0.25, 0.3) is 0 Å². The van der Waals surface area contributed by atoms with E-state index in [9.17, 15) is 0 Å². The topological polar surface area (TPSA) is 61.0 Å². The van der Waals surface area contributed by atoms with E-state index in [1.165, 1.54) is 0 Å². The van der Waals surface area contributed by atoms with Crippen molar-refractivity contribution in [2.24, 2.45) is 0 Å². The molecule has 3 aromatic rings. The molecular formula is C19H18ClN3O. The Kier molecular flexibility index (Phi) is 4.67. The summed E-state index contributed by atoms with van der Waals surface area (Å²) in [4.78, 5) is 8.73. The summed E-state index contributed by atoms with van der Waals surface area (Å²) >= 11 is 6.33. The molecule has 1 atom stereocenters. The molecule has 5 heteroatoms. The summed E-state index contributed by atoms with van der Waals surface area (Å²) in [5, 5.41) is 0.681. The van der Waals surface area contributed by atoms with Crippen molar-refractivity contribution >= 4 is 17.3 Å². The van der Waals surface area contributed by atoms with Crippen LogP contribution >= 0.6 is 11.6 Å². The Balaban J connectivity index is 1.91. The minimum Gasteiger partial charge on any atom is -0.468 e. The predicted octanol–water partition coefficient (Wildman–Crippen LogP) is 4.83. The Morgan fingerprint density at radius 1 is 1.04 bits per heavy atom. The van der Waals surface area contributed by atoms with Crippen LogP contribution in [-0.2, 0) is 0 Å². The lowest BCUT2D eigenvalue weighted by Crippen LogP contribution is -2.07. The number of nitrogens with zero attached hydrogens (tertiary/aromatic N) is 2. The highest BCUT2D eigenvalue weighted by molar-refractivity contribution is 6.31. The van der Waals surface area contributed by atoms with Crippen LogP contribution in [0.4, 0.5) is 5.69 Å². The molecule has 122 valence electrons. The maximum absolute atomic E-state index is 6.33. The molecule has 0 aliphatic heterocycles. The molecule has 1 unspecified atom stereocenters. The first-order chi connectivity index (χ1) is 11.5. The molecule has 2 N–H and O–H groups in total. The summed E-state index contributed by atoms with van der Waals surface area (Å²) < 4.78 is 6.05. The first-order valence-corrected chi connectivity index (χ1v) is 8.02. The maximum Gasteiger partial charge on any atom is 0.241 e. The van der Waals surface area contributed by atoms with Crippen LogP contribution in [0.3, 0.4) is 0 Å². The number of ether oxygens (including phenoxy) is 1. The third-order valence-corrected chi connectivity index (χ3v) is 4.06. The fraction of sp³-hybridized carbons (Fsp3) is 0.158. The van der Waals surface area contributed by atoms with Gasteiger partial charge in [0.15, 0.2) is 0 Å². The van der Waals surface area contributed by atoms with Crippen molar-refractivity contribution in [3.8, 4) is 17.1 Å². The van der Waals surface area contributed by atoms with Crippen LogP contribution in [0.5, 0.6) is 5.88 Å². The number of aryl methyl sites for hydroxylation is 1.